The molecule has 6 heteroatoms. The van der Waals surface area contributed by atoms with Crippen LogP contribution in [0.2, 0.25) is 0 Å². The van der Waals surface area contributed by atoms with Crippen LogP contribution in [-0.2, 0) is 33.9 Å². The van der Waals surface area contributed by atoms with Crippen LogP contribution in [-0.4, -0.2) is 19.3 Å². The minimum atomic E-state index is 0. The third kappa shape index (κ3) is 7.21. The summed E-state index contributed by atoms with van der Waals surface area (Å²) in [5, 5.41) is 7.34. The fourth-order valence-electron chi connectivity index (χ4n) is 6.94. The zero-order valence-electron chi connectivity index (χ0n) is 29.6. The fourth-order valence-corrected chi connectivity index (χ4v) is 6.94. The monoisotopic (exact) mass is 839 g/mol. The van der Waals surface area contributed by atoms with Gasteiger partial charge in [0, 0.05) is 34.5 Å². The van der Waals surface area contributed by atoms with Crippen molar-refractivity contribution >= 4 is 21.8 Å². The maximum atomic E-state index is 6.66. The summed E-state index contributed by atoms with van der Waals surface area (Å²) in [4.78, 5) is 4.79. The maximum Gasteiger partial charge on any atom is 2.00 e. The molecular formula is C44H44N4OPt. The molecule has 0 N–H and O–H groups in total. The van der Waals surface area contributed by atoms with E-state index in [0.717, 1.165) is 75.3 Å². The van der Waals surface area contributed by atoms with E-state index in [9.17, 15) is 0 Å². The molecule has 3 heterocycles. The number of pyridine rings is 1. The van der Waals surface area contributed by atoms with Crippen molar-refractivity contribution in [3.05, 3.63) is 131 Å². The third-order valence-corrected chi connectivity index (χ3v) is 9.42. The fraction of sp³-hybridized carbons (Fsp3) is 0.273. The predicted molar refractivity (Wildman–Crippen MR) is 201 cm³/mol. The minimum absolute atomic E-state index is 0. The molecule has 0 radical (unpaired) electrons. The van der Waals surface area contributed by atoms with Gasteiger partial charge >= 0.3 is 21.1 Å². The summed E-state index contributed by atoms with van der Waals surface area (Å²) in [6, 6.07) is 37.2. The van der Waals surface area contributed by atoms with Crippen LogP contribution in [0.1, 0.15) is 74.0 Å². The zero-order chi connectivity index (χ0) is 33.9. The molecule has 0 fully saturated rings. The Hall–Kier alpha value is -4.47. The number of hydrogen-bond acceptors (Lipinski definition) is 3. The van der Waals surface area contributed by atoms with Crippen molar-refractivity contribution in [2.45, 2.75) is 79.6 Å². The van der Waals surface area contributed by atoms with Gasteiger partial charge in [-0.15, -0.1) is 35.7 Å². The van der Waals surface area contributed by atoms with Crippen molar-refractivity contribution in [2.75, 3.05) is 0 Å². The van der Waals surface area contributed by atoms with Gasteiger partial charge in [-0.3, -0.25) is 4.68 Å². The summed E-state index contributed by atoms with van der Waals surface area (Å²) >= 11 is 0. The quantitative estimate of drug-likeness (QED) is 0.0909. The van der Waals surface area contributed by atoms with Crippen LogP contribution in [0.3, 0.4) is 0 Å². The number of hydrogen-bond donors (Lipinski definition) is 0. The average Bonchev–Trinajstić information content (AvgIpc) is 3.59. The average molecular weight is 840 g/mol. The first-order valence-electron chi connectivity index (χ1n) is 17.7. The molecule has 0 saturated heterocycles. The van der Waals surface area contributed by atoms with Gasteiger partial charge in [-0.05, 0) is 79.6 Å². The third-order valence-electron chi connectivity index (χ3n) is 9.42. The topological polar surface area (TPSA) is 44.9 Å². The summed E-state index contributed by atoms with van der Waals surface area (Å²) in [7, 11) is 0. The molecule has 0 saturated carbocycles. The summed E-state index contributed by atoms with van der Waals surface area (Å²) in [6.45, 7) is 10.8. The van der Waals surface area contributed by atoms with Crippen molar-refractivity contribution in [1.29, 1.82) is 0 Å². The molecule has 0 aliphatic heterocycles. The smallest absolute Gasteiger partial charge is 0.509 e. The Kier molecular flexibility index (Phi) is 11.0. The van der Waals surface area contributed by atoms with E-state index in [1.807, 2.05) is 29.1 Å². The van der Waals surface area contributed by atoms with Crippen molar-refractivity contribution in [3.8, 4) is 34.1 Å². The normalized spacial score (nSPS) is 11.3. The largest absolute Gasteiger partial charge is 2.00 e. The molecule has 0 spiro atoms. The van der Waals surface area contributed by atoms with Gasteiger partial charge in [0.25, 0.3) is 0 Å². The first-order chi connectivity index (χ1) is 23.9. The Morgan fingerprint density at radius 1 is 0.720 bits per heavy atom. The molecule has 0 unspecified atom stereocenters. The van der Waals surface area contributed by atoms with Gasteiger partial charge in [0.05, 0.1) is 5.69 Å². The van der Waals surface area contributed by atoms with Crippen LogP contribution in [0.25, 0.3) is 44.4 Å². The summed E-state index contributed by atoms with van der Waals surface area (Å²) in [5.41, 5.74) is 11.1. The van der Waals surface area contributed by atoms with Crippen molar-refractivity contribution in [1.82, 2.24) is 19.3 Å². The Balaban J connectivity index is 0.00000432. The van der Waals surface area contributed by atoms with E-state index in [4.69, 9.17) is 14.8 Å². The number of rotatable bonds is 12. The summed E-state index contributed by atoms with van der Waals surface area (Å²) in [5.74, 6) is 2.17. The van der Waals surface area contributed by atoms with Crippen molar-refractivity contribution in [3.63, 3.8) is 0 Å². The molecule has 0 aliphatic rings. The number of ether oxygens (including phenoxy) is 1. The maximum absolute atomic E-state index is 6.66. The van der Waals surface area contributed by atoms with E-state index < -0.39 is 0 Å². The van der Waals surface area contributed by atoms with Gasteiger partial charge in [-0.2, -0.15) is 16.7 Å². The summed E-state index contributed by atoms with van der Waals surface area (Å²) < 4.78 is 10.9. The van der Waals surface area contributed by atoms with Crippen LogP contribution in [0, 0.1) is 32.9 Å². The van der Waals surface area contributed by atoms with Gasteiger partial charge in [-0.25, -0.2) is 4.98 Å². The van der Waals surface area contributed by atoms with Crippen LogP contribution in [0.4, 0.5) is 0 Å². The molecule has 0 atom stereocenters. The second kappa shape index (κ2) is 15.6. The van der Waals surface area contributed by atoms with Crippen LogP contribution in [0.15, 0.2) is 91.1 Å². The van der Waals surface area contributed by atoms with Gasteiger partial charge in [0.1, 0.15) is 5.82 Å². The molecular weight excluding hydrogens is 796 g/mol. The Labute approximate surface area is 310 Å². The SMILES string of the molecule is CCCCCc1cc(Oc2[c-]c3c(cc2)c2cc(CCCC)ccc2n3-c2cc(C)ccn2)[c-]c(-n2nc(C)c(-c3ccccc3)c2C)c1.[Pt+2]. The predicted octanol–water partition coefficient (Wildman–Crippen LogP) is 11.4. The van der Waals surface area contributed by atoms with Gasteiger partial charge in [0.2, 0.25) is 0 Å². The molecule has 0 aliphatic carbocycles. The van der Waals surface area contributed by atoms with Crippen LogP contribution >= 0.6 is 0 Å². The second-order valence-electron chi connectivity index (χ2n) is 13.2. The molecule has 256 valence electrons. The molecule has 0 amide bonds. The molecule has 5 nitrogen and oxygen atoms in total. The molecule has 4 aromatic carbocycles. The van der Waals surface area contributed by atoms with Crippen LogP contribution < -0.4 is 4.74 Å². The molecule has 50 heavy (non-hydrogen) atoms. The standard InChI is InChI=1S/C44H44N4O.Pt/c1-6-8-11-15-34-25-36(48-32(5)44(31(4)46-48)35-16-12-10-13-17-35)28-38(26-34)49-37-19-20-39-40-27-33(14-9-7-2)18-21-41(40)47(42(39)29-37)43-24-30(3)22-23-45-43;/h10,12-13,16-27H,6-9,11,14-15H2,1-5H3;/q-2;+2. The van der Waals surface area contributed by atoms with Crippen LogP contribution in [0.5, 0.6) is 11.5 Å². The zero-order valence-corrected chi connectivity index (χ0v) is 31.9. The molecule has 7 rings (SSSR count). The number of aromatic nitrogens is 4. The number of fused-ring (bicyclic) bond motifs is 3. The van der Waals surface area contributed by atoms with E-state index in [2.05, 4.69) is 118 Å². The van der Waals surface area contributed by atoms with E-state index in [1.165, 1.54) is 42.2 Å². The van der Waals surface area contributed by atoms with Crippen molar-refractivity contribution in [2.24, 2.45) is 0 Å². The Morgan fingerprint density at radius 3 is 2.30 bits per heavy atom. The Bertz CT molecular complexity index is 2250. The summed E-state index contributed by atoms with van der Waals surface area (Å²) in [6.07, 6.45) is 9.74. The second-order valence-corrected chi connectivity index (χ2v) is 13.2. The van der Waals surface area contributed by atoms with E-state index in [-0.39, 0.29) is 21.1 Å². The molecule has 0 bridgehead atoms. The van der Waals surface area contributed by atoms with Gasteiger partial charge in [-0.1, -0.05) is 93.9 Å². The molecule has 7 aromatic rings. The first kappa shape index (κ1) is 35.4. The first-order valence-corrected chi connectivity index (χ1v) is 17.7. The number of aryl methyl sites for hydroxylation is 4. The number of nitrogens with zero attached hydrogens (tertiary/aromatic N) is 4. The molecule has 3 aromatic heterocycles. The van der Waals surface area contributed by atoms with E-state index in [1.54, 1.807) is 0 Å². The Morgan fingerprint density at radius 2 is 1.52 bits per heavy atom. The van der Waals surface area contributed by atoms with E-state index in [0.29, 0.717) is 11.5 Å². The van der Waals surface area contributed by atoms with E-state index >= 15 is 0 Å². The number of benzene rings is 4. The minimum Gasteiger partial charge on any atom is -0.509 e. The van der Waals surface area contributed by atoms with Crippen molar-refractivity contribution < 1.29 is 25.8 Å². The van der Waals surface area contributed by atoms with Gasteiger partial charge in [0.15, 0.2) is 0 Å². The number of unbranched alkanes of at least 4 members (excludes halogenated alkanes) is 3. The van der Waals surface area contributed by atoms with Gasteiger partial charge < -0.3 is 9.30 Å².